The van der Waals surface area contributed by atoms with E-state index in [0.29, 0.717) is 23.3 Å². The lowest BCUT2D eigenvalue weighted by atomic mass is 10.0. The summed E-state index contributed by atoms with van der Waals surface area (Å²) in [5.74, 6) is 2.60. The number of hydrogen-bond acceptors (Lipinski definition) is 5. The van der Waals surface area contributed by atoms with Gasteiger partial charge in [0.25, 0.3) is 0 Å². The van der Waals surface area contributed by atoms with E-state index in [1.807, 2.05) is 97.1 Å². The molecule has 0 radical (unpaired) electrons. The van der Waals surface area contributed by atoms with E-state index >= 15 is 0 Å². The van der Waals surface area contributed by atoms with Crippen molar-refractivity contribution >= 4 is 21.7 Å². The van der Waals surface area contributed by atoms with Crippen molar-refractivity contribution in [3.05, 3.63) is 152 Å². The van der Waals surface area contributed by atoms with Crippen molar-refractivity contribution in [3.8, 4) is 56.8 Å². The Labute approximate surface area is 254 Å². The van der Waals surface area contributed by atoms with Gasteiger partial charge >= 0.3 is 0 Å². The van der Waals surface area contributed by atoms with Gasteiger partial charge < -0.3 is 0 Å². The van der Waals surface area contributed by atoms with Gasteiger partial charge in [-0.2, -0.15) is 0 Å². The van der Waals surface area contributed by atoms with Crippen LogP contribution in [0.15, 0.2) is 152 Å². The van der Waals surface area contributed by atoms with Crippen LogP contribution in [0, 0.1) is 0 Å². The van der Waals surface area contributed by atoms with Crippen molar-refractivity contribution in [1.29, 1.82) is 0 Å². The Morgan fingerprint density at radius 1 is 0.295 bits per heavy atom. The van der Waals surface area contributed by atoms with Crippen LogP contribution >= 0.6 is 0 Å². The number of para-hydroxylation sites is 1. The van der Waals surface area contributed by atoms with Gasteiger partial charge in [-0.25, -0.2) is 24.9 Å². The van der Waals surface area contributed by atoms with Crippen LogP contribution in [0.4, 0.5) is 0 Å². The average molecular weight is 564 g/mol. The van der Waals surface area contributed by atoms with E-state index < -0.39 is 0 Å². The van der Waals surface area contributed by atoms with Gasteiger partial charge in [-0.3, -0.25) is 0 Å². The van der Waals surface area contributed by atoms with Crippen LogP contribution in [-0.2, 0) is 0 Å². The summed E-state index contributed by atoms with van der Waals surface area (Å²) in [5, 5.41) is 3.25. The van der Waals surface area contributed by atoms with Gasteiger partial charge in [0, 0.05) is 33.2 Å². The fraction of sp³-hybridized carbons (Fsp3) is 0. The van der Waals surface area contributed by atoms with Crippen LogP contribution < -0.4 is 0 Å². The standard InChI is InChI=1S/C39H25N5/c1-3-13-28(14-4-1)36-40-34-21-10-9-19-33(34)35(41-36)27-22-24-30(25-23-27)38-42-37(29-15-5-2-6-16-29)43-39(44-38)32-20-11-17-26-12-7-8-18-31(26)32/h1-25H. The van der Waals surface area contributed by atoms with Crippen molar-refractivity contribution in [2.24, 2.45) is 0 Å². The molecule has 8 rings (SSSR count). The van der Waals surface area contributed by atoms with Gasteiger partial charge in [-0.1, -0.05) is 146 Å². The maximum atomic E-state index is 5.03. The zero-order valence-electron chi connectivity index (χ0n) is 23.7. The van der Waals surface area contributed by atoms with Gasteiger partial charge in [0.2, 0.25) is 0 Å². The molecule has 6 aromatic carbocycles. The molecule has 206 valence electrons. The molecule has 0 atom stereocenters. The molecule has 0 amide bonds. The number of aromatic nitrogens is 5. The second kappa shape index (κ2) is 11.0. The second-order valence-corrected chi connectivity index (χ2v) is 10.6. The van der Waals surface area contributed by atoms with Gasteiger partial charge in [0.1, 0.15) is 0 Å². The Balaban J connectivity index is 1.26. The first-order chi connectivity index (χ1) is 21.8. The Morgan fingerprint density at radius 2 is 0.795 bits per heavy atom. The Bertz CT molecular complexity index is 2260. The summed E-state index contributed by atoms with van der Waals surface area (Å²) in [4.78, 5) is 24.8. The Hall–Kier alpha value is -6.07. The lowest BCUT2D eigenvalue weighted by Gasteiger charge is -2.11. The van der Waals surface area contributed by atoms with E-state index in [2.05, 4.69) is 54.6 Å². The number of hydrogen-bond donors (Lipinski definition) is 0. The topological polar surface area (TPSA) is 64.5 Å². The molecule has 0 bridgehead atoms. The molecule has 0 saturated heterocycles. The van der Waals surface area contributed by atoms with Gasteiger partial charge in [0.15, 0.2) is 23.3 Å². The quantitative estimate of drug-likeness (QED) is 0.209. The van der Waals surface area contributed by atoms with E-state index in [1.54, 1.807) is 0 Å². The van der Waals surface area contributed by atoms with Crippen molar-refractivity contribution in [3.63, 3.8) is 0 Å². The zero-order valence-corrected chi connectivity index (χ0v) is 23.7. The lowest BCUT2D eigenvalue weighted by Crippen LogP contribution is -2.00. The highest BCUT2D eigenvalue weighted by molar-refractivity contribution is 5.96. The molecule has 0 unspecified atom stereocenters. The molecule has 0 aliphatic carbocycles. The SMILES string of the molecule is c1ccc(-c2nc(-c3ccc(-c4nc(-c5ccccc5)nc5ccccc45)cc3)nc(-c3cccc4ccccc34)n2)cc1. The highest BCUT2D eigenvalue weighted by atomic mass is 15.0. The van der Waals surface area contributed by atoms with E-state index in [9.17, 15) is 0 Å². The summed E-state index contributed by atoms with van der Waals surface area (Å²) in [5.41, 5.74) is 6.59. The third-order valence-corrected chi connectivity index (χ3v) is 7.75. The first kappa shape index (κ1) is 25.6. The number of benzene rings is 6. The number of nitrogens with zero attached hydrogens (tertiary/aromatic N) is 5. The zero-order chi connectivity index (χ0) is 29.3. The monoisotopic (exact) mass is 563 g/mol. The molecule has 5 nitrogen and oxygen atoms in total. The van der Waals surface area contributed by atoms with Crippen molar-refractivity contribution in [2.45, 2.75) is 0 Å². The summed E-state index contributed by atoms with van der Waals surface area (Å²) in [7, 11) is 0. The predicted octanol–water partition coefficient (Wildman–Crippen LogP) is 9.30. The Kier molecular flexibility index (Phi) is 6.39. The van der Waals surface area contributed by atoms with Crippen molar-refractivity contribution in [2.75, 3.05) is 0 Å². The molecule has 0 spiro atoms. The highest BCUT2D eigenvalue weighted by Crippen LogP contribution is 2.32. The molecule has 0 fully saturated rings. The molecular formula is C39H25N5. The largest absolute Gasteiger partial charge is 0.228 e. The maximum Gasteiger partial charge on any atom is 0.164 e. The first-order valence-electron chi connectivity index (χ1n) is 14.5. The van der Waals surface area contributed by atoms with Gasteiger partial charge in [-0.15, -0.1) is 0 Å². The normalized spacial score (nSPS) is 11.2. The molecule has 5 heteroatoms. The van der Waals surface area contributed by atoms with Crippen LogP contribution in [0.2, 0.25) is 0 Å². The minimum Gasteiger partial charge on any atom is -0.228 e. The molecular weight excluding hydrogens is 538 g/mol. The van der Waals surface area contributed by atoms with E-state index in [-0.39, 0.29) is 0 Å². The summed E-state index contributed by atoms with van der Waals surface area (Å²) in [6.45, 7) is 0. The maximum absolute atomic E-state index is 5.03. The fourth-order valence-corrected chi connectivity index (χ4v) is 5.55. The molecule has 0 aliphatic rings. The number of rotatable bonds is 5. The predicted molar refractivity (Wildman–Crippen MR) is 178 cm³/mol. The van der Waals surface area contributed by atoms with Crippen molar-refractivity contribution < 1.29 is 0 Å². The van der Waals surface area contributed by atoms with E-state index in [0.717, 1.165) is 55.2 Å². The molecule has 0 aliphatic heterocycles. The lowest BCUT2D eigenvalue weighted by molar-refractivity contribution is 1.08. The molecule has 0 saturated carbocycles. The molecule has 2 heterocycles. The van der Waals surface area contributed by atoms with E-state index in [1.165, 1.54) is 0 Å². The van der Waals surface area contributed by atoms with Crippen LogP contribution in [0.5, 0.6) is 0 Å². The summed E-state index contributed by atoms with van der Waals surface area (Å²) in [6, 6.07) is 51.1. The van der Waals surface area contributed by atoms with Crippen LogP contribution in [0.1, 0.15) is 0 Å². The summed E-state index contributed by atoms with van der Waals surface area (Å²) in [6.07, 6.45) is 0. The van der Waals surface area contributed by atoms with Crippen LogP contribution in [0.3, 0.4) is 0 Å². The summed E-state index contributed by atoms with van der Waals surface area (Å²) < 4.78 is 0. The van der Waals surface area contributed by atoms with Gasteiger partial charge in [0.05, 0.1) is 11.2 Å². The minimum atomic E-state index is 0.617. The molecule has 2 aromatic heterocycles. The smallest absolute Gasteiger partial charge is 0.164 e. The third-order valence-electron chi connectivity index (χ3n) is 7.75. The van der Waals surface area contributed by atoms with E-state index in [4.69, 9.17) is 24.9 Å². The Morgan fingerprint density at radius 3 is 1.50 bits per heavy atom. The van der Waals surface area contributed by atoms with Crippen molar-refractivity contribution in [1.82, 2.24) is 24.9 Å². The highest BCUT2D eigenvalue weighted by Gasteiger charge is 2.15. The van der Waals surface area contributed by atoms with Crippen LogP contribution in [-0.4, -0.2) is 24.9 Å². The second-order valence-electron chi connectivity index (χ2n) is 10.6. The molecule has 44 heavy (non-hydrogen) atoms. The average Bonchev–Trinajstić information content (AvgIpc) is 3.11. The van der Waals surface area contributed by atoms with Gasteiger partial charge in [-0.05, 0) is 16.8 Å². The third kappa shape index (κ3) is 4.76. The molecule has 8 aromatic rings. The molecule has 0 N–H and O–H groups in total. The van der Waals surface area contributed by atoms with Crippen LogP contribution in [0.25, 0.3) is 78.5 Å². The summed E-state index contributed by atoms with van der Waals surface area (Å²) >= 11 is 0. The minimum absolute atomic E-state index is 0.617. The first-order valence-corrected chi connectivity index (χ1v) is 14.5. The fourth-order valence-electron chi connectivity index (χ4n) is 5.55. The number of fused-ring (bicyclic) bond motifs is 2.